The Labute approximate surface area is 279 Å². The van der Waals surface area contributed by atoms with Gasteiger partial charge in [0.05, 0.1) is 5.69 Å². The number of benzene rings is 8. The predicted octanol–water partition coefficient (Wildman–Crippen LogP) is 13.2. The van der Waals surface area contributed by atoms with E-state index in [2.05, 4.69) is 193 Å². The van der Waals surface area contributed by atoms with Gasteiger partial charge >= 0.3 is 0 Å². The van der Waals surface area contributed by atoms with Gasteiger partial charge in [0.2, 0.25) is 0 Å². The Balaban J connectivity index is 1.23. The number of hydrogen-bond donors (Lipinski definition) is 0. The minimum atomic E-state index is 0.898. The molecule has 2 nitrogen and oxygen atoms in total. The summed E-state index contributed by atoms with van der Waals surface area (Å²) in [5.41, 5.74) is 12.0. The van der Waals surface area contributed by atoms with E-state index in [-0.39, 0.29) is 0 Å². The molecule has 2 heteroatoms. The van der Waals surface area contributed by atoms with Crippen LogP contribution >= 0.6 is 0 Å². The Morgan fingerprint density at radius 1 is 0.312 bits per heavy atom. The van der Waals surface area contributed by atoms with Crippen LogP contribution in [0, 0.1) is 0 Å². The van der Waals surface area contributed by atoms with Crippen LogP contribution in [0.4, 0.5) is 17.1 Å². The van der Waals surface area contributed by atoms with Gasteiger partial charge in [-0.05, 0) is 64.0 Å². The van der Waals surface area contributed by atoms with E-state index in [1.54, 1.807) is 0 Å². The molecule has 0 saturated carbocycles. The lowest BCUT2D eigenvalue weighted by Crippen LogP contribution is -2.11. The highest BCUT2D eigenvalue weighted by atomic mass is 16.3. The van der Waals surface area contributed by atoms with Gasteiger partial charge in [-0.2, -0.15) is 0 Å². The minimum absolute atomic E-state index is 0.898. The number of hydrogen-bond acceptors (Lipinski definition) is 2. The number of para-hydroxylation sites is 2. The molecule has 0 radical (unpaired) electrons. The second kappa shape index (κ2) is 11.8. The first kappa shape index (κ1) is 27.9. The van der Waals surface area contributed by atoms with Crippen LogP contribution in [0.1, 0.15) is 0 Å². The van der Waals surface area contributed by atoms with E-state index in [1.165, 1.54) is 27.6 Å². The van der Waals surface area contributed by atoms with Crippen LogP contribution in [-0.2, 0) is 0 Å². The van der Waals surface area contributed by atoms with Crippen molar-refractivity contribution < 1.29 is 4.42 Å². The molecule has 48 heavy (non-hydrogen) atoms. The summed E-state index contributed by atoms with van der Waals surface area (Å²) in [6, 6.07) is 66.8. The molecule has 9 rings (SSSR count). The lowest BCUT2D eigenvalue weighted by Gasteiger charge is -2.28. The number of rotatable bonds is 6. The average Bonchev–Trinajstić information content (AvgIpc) is 3.56. The summed E-state index contributed by atoms with van der Waals surface area (Å²) >= 11 is 0. The van der Waals surface area contributed by atoms with Crippen LogP contribution < -0.4 is 4.90 Å². The fourth-order valence-corrected chi connectivity index (χ4v) is 6.93. The van der Waals surface area contributed by atoms with Gasteiger partial charge in [0.1, 0.15) is 11.2 Å². The van der Waals surface area contributed by atoms with Gasteiger partial charge in [-0.15, -0.1) is 0 Å². The van der Waals surface area contributed by atoms with Crippen molar-refractivity contribution in [3.63, 3.8) is 0 Å². The van der Waals surface area contributed by atoms with Gasteiger partial charge in [-0.1, -0.05) is 152 Å². The summed E-state index contributed by atoms with van der Waals surface area (Å²) in [5, 5.41) is 4.56. The Morgan fingerprint density at radius 3 is 1.48 bits per heavy atom. The molecule has 0 saturated heterocycles. The first-order valence-corrected chi connectivity index (χ1v) is 16.4. The zero-order valence-electron chi connectivity index (χ0n) is 26.3. The van der Waals surface area contributed by atoms with Crippen molar-refractivity contribution in [2.45, 2.75) is 0 Å². The quantitative estimate of drug-likeness (QED) is 0.185. The summed E-state index contributed by atoms with van der Waals surface area (Å²) < 4.78 is 6.81. The molecule has 0 aliphatic carbocycles. The maximum Gasteiger partial charge on any atom is 0.143 e. The first-order valence-electron chi connectivity index (χ1n) is 16.4. The van der Waals surface area contributed by atoms with Gasteiger partial charge in [0, 0.05) is 38.7 Å². The van der Waals surface area contributed by atoms with Gasteiger partial charge in [0.15, 0.2) is 0 Å². The fourth-order valence-electron chi connectivity index (χ4n) is 6.93. The van der Waals surface area contributed by atoms with Crippen molar-refractivity contribution in [3.05, 3.63) is 188 Å². The molecule has 8 aromatic carbocycles. The molecule has 1 heterocycles. The highest BCUT2D eigenvalue weighted by Gasteiger charge is 2.21. The van der Waals surface area contributed by atoms with Crippen molar-refractivity contribution >= 4 is 49.8 Å². The molecule has 0 unspecified atom stereocenters. The van der Waals surface area contributed by atoms with E-state index >= 15 is 0 Å². The van der Waals surface area contributed by atoms with Crippen molar-refractivity contribution in [2.24, 2.45) is 0 Å². The molecule has 0 fully saturated rings. The van der Waals surface area contributed by atoms with Gasteiger partial charge < -0.3 is 9.32 Å². The van der Waals surface area contributed by atoms with Crippen LogP contribution in [-0.4, -0.2) is 0 Å². The van der Waals surface area contributed by atoms with Gasteiger partial charge in [-0.25, -0.2) is 0 Å². The minimum Gasteiger partial charge on any atom is -0.455 e. The molecule has 226 valence electrons. The predicted molar refractivity (Wildman–Crippen MR) is 202 cm³/mol. The Bertz CT molecular complexity index is 2450. The molecule has 0 amide bonds. The van der Waals surface area contributed by atoms with E-state index in [9.17, 15) is 0 Å². The van der Waals surface area contributed by atoms with Crippen LogP contribution in [0.5, 0.6) is 0 Å². The maximum atomic E-state index is 6.81. The van der Waals surface area contributed by atoms with E-state index in [4.69, 9.17) is 4.42 Å². The fraction of sp³-hybridized carbons (Fsp3) is 0. The van der Waals surface area contributed by atoms with E-state index in [1.807, 2.05) is 0 Å². The lowest BCUT2D eigenvalue weighted by molar-refractivity contribution is 0.674. The highest BCUT2D eigenvalue weighted by molar-refractivity contribution is 6.17. The van der Waals surface area contributed by atoms with Crippen molar-refractivity contribution in [1.82, 2.24) is 0 Å². The maximum absolute atomic E-state index is 6.81. The summed E-state index contributed by atoms with van der Waals surface area (Å²) in [6.07, 6.45) is 0. The first-order chi connectivity index (χ1) is 23.8. The average molecular weight is 614 g/mol. The molecule has 0 N–H and O–H groups in total. The second-order valence-corrected chi connectivity index (χ2v) is 12.1. The smallest absolute Gasteiger partial charge is 0.143 e. The number of nitrogens with zero attached hydrogens (tertiary/aromatic N) is 1. The monoisotopic (exact) mass is 613 g/mol. The number of furan rings is 1. The zero-order valence-corrected chi connectivity index (χ0v) is 26.3. The Morgan fingerprint density at radius 2 is 0.812 bits per heavy atom. The Kier molecular flexibility index (Phi) is 6.84. The molecule has 0 bridgehead atoms. The molecular formula is C46H31NO. The van der Waals surface area contributed by atoms with E-state index < -0.39 is 0 Å². The molecule has 0 aliphatic rings. The lowest BCUT2D eigenvalue weighted by atomic mass is 9.98. The van der Waals surface area contributed by atoms with Crippen LogP contribution in [0.15, 0.2) is 192 Å². The standard InChI is InChI=1S/C46H31NO/c1-3-12-32(13-4-1)34-22-27-37(28-23-34)47(38-29-24-35(25-30-38)33-14-5-2-6-15-33)44-21-10-9-18-40(44)41-19-11-20-42-43-31-26-36-16-7-8-17-39(36)45(43)48-46(41)42/h1-31H. The normalized spacial score (nSPS) is 11.3. The summed E-state index contributed by atoms with van der Waals surface area (Å²) in [6.45, 7) is 0. The van der Waals surface area contributed by atoms with E-state index in [0.29, 0.717) is 0 Å². The Hall–Kier alpha value is -6.38. The van der Waals surface area contributed by atoms with Crippen LogP contribution in [0.25, 0.3) is 66.1 Å². The zero-order chi connectivity index (χ0) is 31.9. The molecule has 9 aromatic rings. The largest absolute Gasteiger partial charge is 0.455 e. The molecule has 0 atom stereocenters. The summed E-state index contributed by atoms with van der Waals surface area (Å²) in [7, 11) is 0. The third-order valence-corrected chi connectivity index (χ3v) is 9.29. The topological polar surface area (TPSA) is 16.4 Å². The molecule has 1 aromatic heterocycles. The van der Waals surface area contributed by atoms with Crippen molar-refractivity contribution in [2.75, 3.05) is 4.90 Å². The summed E-state index contributed by atoms with van der Waals surface area (Å²) in [5.74, 6) is 0. The molecule has 0 aliphatic heterocycles. The van der Waals surface area contributed by atoms with Crippen LogP contribution in [0.3, 0.4) is 0 Å². The summed E-state index contributed by atoms with van der Waals surface area (Å²) in [4.78, 5) is 2.36. The van der Waals surface area contributed by atoms with E-state index in [0.717, 1.165) is 55.5 Å². The third kappa shape index (κ3) is 4.83. The van der Waals surface area contributed by atoms with Crippen molar-refractivity contribution in [1.29, 1.82) is 0 Å². The van der Waals surface area contributed by atoms with Crippen LogP contribution in [0.2, 0.25) is 0 Å². The third-order valence-electron chi connectivity index (χ3n) is 9.29. The molecule has 0 spiro atoms. The van der Waals surface area contributed by atoms with Gasteiger partial charge in [-0.3, -0.25) is 0 Å². The number of fused-ring (bicyclic) bond motifs is 5. The van der Waals surface area contributed by atoms with Crippen molar-refractivity contribution in [3.8, 4) is 33.4 Å². The molecular weight excluding hydrogens is 583 g/mol. The SMILES string of the molecule is c1ccc(-c2ccc(N(c3ccc(-c4ccccc4)cc3)c3ccccc3-c3cccc4c3oc3c5ccccc5ccc43)cc2)cc1. The number of anilines is 3. The highest BCUT2D eigenvalue weighted by Crippen LogP contribution is 2.45. The van der Waals surface area contributed by atoms with Gasteiger partial charge in [0.25, 0.3) is 0 Å². The second-order valence-electron chi connectivity index (χ2n) is 12.1.